The van der Waals surface area contributed by atoms with Gasteiger partial charge in [0.05, 0.1) is 0 Å². The zero-order valence-corrected chi connectivity index (χ0v) is 16.1. The van der Waals surface area contributed by atoms with Crippen LogP contribution in [0, 0.1) is 5.82 Å². The Morgan fingerprint density at radius 1 is 0.958 bits per heavy atom. The van der Waals surface area contributed by atoms with Gasteiger partial charge in [0, 0.05) is 6.04 Å². The van der Waals surface area contributed by atoms with Crippen molar-refractivity contribution in [2.24, 2.45) is 0 Å². The van der Waals surface area contributed by atoms with Gasteiger partial charge in [-0.2, -0.15) is 0 Å². The smallest absolute Gasteiger partial charge is 0.123 e. The number of benzene rings is 1. The van der Waals surface area contributed by atoms with Gasteiger partial charge in [-0.3, -0.25) is 0 Å². The minimum absolute atomic E-state index is 0. The Morgan fingerprint density at radius 3 is 2.25 bits per heavy atom. The molecule has 1 heterocycles. The van der Waals surface area contributed by atoms with Crippen LogP contribution in [0.1, 0.15) is 76.7 Å². The third kappa shape index (κ3) is 7.98. The van der Waals surface area contributed by atoms with Gasteiger partial charge < -0.3 is 4.90 Å². The summed E-state index contributed by atoms with van der Waals surface area (Å²) < 4.78 is 13.0. The van der Waals surface area contributed by atoms with Crippen molar-refractivity contribution in [2.75, 3.05) is 13.1 Å². The molecule has 1 nitrogen and oxygen atoms in total. The van der Waals surface area contributed by atoms with Crippen LogP contribution in [0.25, 0.3) is 0 Å². The molecule has 2 rings (SSSR count). The van der Waals surface area contributed by atoms with Crippen molar-refractivity contribution in [2.45, 2.75) is 83.6 Å². The van der Waals surface area contributed by atoms with E-state index >= 15 is 0 Å². The summed E-state index contributed by atoms with van der Waals surface area (Å²) in [5, 5.41) is 0. The zero-order chi connectivity index (χ0) is 16.3. The summed E-state index contributed by atoms with van der Waals surface area (Å²) in [4.78, 5) is 2.67. The van der Waals surface area contributed by atoms with E-state index in [1.165, 1.54) is 82.9 Å². The van der Waals surface area contributed by atoms with Crippen LogP contribution in [-0.4, -0.2) is 24.0 Å². The first kappa shape index (κ1) is 21.4. The molecule has 1 unspecified atom stereocenters. The molecule has 0 N–H and O–H groups in total. The third-order valence-corrected chi connectivity index (χ3v) is 5.18. The SMILES string of the molecule is CCCCCCCCCCN1CCCC1Cc1ccc(F)cc1.Cl. The molecule has 0 amide bonds. The molecular weight excluding hydrogens is 321 g/mol. The first-order valence-corrected chi connectivity index (χ1v) is 9.78. The van der Waals surface area contributed by atoms with Gasteiger partial charge in [-0.15, -0.1) is 12.4 Å². The van der Waals surface area contributed by atoms with Gasteiger partial charge in [0.1, 0.15) is 5.82 Å². The highest BCUT2D eigenvalue weighted by atomic mass is 35.5. The van der Waals surface area contributed by atoms with Crippen LogP contribution in [-0.2, 0) is 6.42 Å². The van der Waals surface area contributed by atoms with E-state index in [1.807, 2.05) is 12.1 Å². The highest BCUT2D eigenvalue weighted by Crippen LogP contribution is 2.22. The molecular formula is C21H35ClFN. The van der Waals surface area contributed by atoms with Gasteiger partial charge in [0.2, 0.25) is 0 Å². The molecule has 1 saturated heterocycles. The van der Waals surface area contributed by atoms with E-state index in [1.54, 1.807) is 12.1 Å². The standard InChI is InChI=1S/C21H34FN.ClH/c1-2-3-4-5-6-7-8-9-16-23-17-10-11-21(23)18-19-12-14-20(22)15-13-19;/h12-15,21H,2-11,16-18H2,1H3;1H. The van der Waals surface area contributed by atoms with E-state index in [-0.39, 0.29) is 18.2 Å². The monoisotopic (exact) mass is 355 g/mol. The van der Waals surface area contributed by atoms with Gasteiger partial charge in [-0.25, -0.2) is 4.39 Å². The Morgan fingerprint density at radius 2 is 1.58 bits per heavy atom. The Balaban J connectivity index is 0.00000288. The van der Waals surface area contributed by atoms with Crippen molar-refractivity contribution >= 4 is 12.4 Å². The topological polar surface area (TPSA) is 3.24 Å². The van der Waals surface area contributed by atoms with Crippen molar-refractivity contribution in [1.29, 1.82) is 0 Å². The van der Waals surface area contributed by atoms with Crippen molar-refractivity contribution < 1.29 is 4.39 Å². The van der Waals surface area contributed by atoms with Crippen LogP contribution >= 0.6 is 12.4 Å². The highest BCUT2D eigenvalue weighted by molar-refractivity contribution is 5.85. The van der Waals surface area contributed by atoms with Gasteiger partial charge in [-0.05, 0) is 56.5 Å². The average molecular weight is 356 g/mol. The molecule has 0 aliphatic carbocycles. The molecule has 0 saturated carbocycles. The second-order valence-corrected chi connectivity index (χ2v) is 7.14. The maximum Gasteiger partial charge on any atom is 0.123 e. The third-order valence-electron chi connectivity index (χ3n) is 5.18. The highest BCUT2D eigenvalue weighted by Gasteiger charge is 2.23. The van der Waals surface area contributed by atoms with Crippen molar-refractivity contribution in [3.05, 3.63) is 35.6 Å². The van der Waals surface area contributed by atoms with Crippen LogP contribution in [0.5, 0.6) is 0 Å². The summed E-state index contributed by atoms with van der Waals surface area (Å²) >= 11 is 0. The van der Waals surface area contributed by atoms with Crippen LogP contribution in [0.4, 0.5) is 4.39 Å². The largest absolute Gasteiger partial charge is 0.300 e. The summed E-state index contributed by atoms with van der Waals surface area (Å²) in [5.74, 6) is -0.129. The number of nitrogens with zero attached hydrogens (tertiary/aromatic N) is 1. The predicted octanol–water partition coefficient (Wildman–Crippen LogP) is 6.40. The normalized spacial score (nSPS) is 17.8. The minimum Gasteiger partial charge on any atom is -0.300 e. The minimum atomic E-state index is -0.129. The van der Waals surface area contributed by atoms with Crippen molar-refractivity contribution in [1.82, 2.24) is 4.90 Å². The molecule has 1 fully saturated rings. The lowest BCUT2D eigenvalue weighted by Crippen LogP contribution is -2.32. The maximum absolute atomic E-state index is 13.0. The van der Waals surface area contributed by atoms with Gasteiger partial charge in [-0.1, -0.05) is 64.0 Å². The van der Waals surface area contributed by atoms with E-state index in [2.05, 4.69) is 11.8 Å². The Labute approximate surface area is 154 Å². The second kappa shape index (κ2) is 12.7. The molecule has 138 valence electrons. The fourth-order valence-corrected chi connectivity index (χ4v) is 3.76. The summed E-state index contributed by atoms with van der Waals surface area (Å²) in [6.45, 7) is 4.78. The summed E-state index contributed by atoms with van der Waals surface area (Å²) in [6.07, 6.45) is 14.8. The van der Waals surface area contributed by atoms with E-state index < -0.39 is 0 Å². The fraction of sp³-hybridized carbons (Fsp3) is 0.714. The molecule has 1 atom stereocenters. The number of likely N-dealkylation sites (tertiary alicyclic amines) is 1. The van der Waals surface area contributed by atoms with Crippen LogP contribution < -0.4 is 0 Å². The predicted molar refractivity (Wildman–Crippen MR) is 105 cm³/mol. The Hall–Kier alpha value is -0.600. The lowest BCUT2D eigenvalue weighted by Gasteiger charge is -2.24. The molecule has 0 aromatic heterocycles. The van der Waals surface area contributed by atoms with Crippen molar-refractivity contribution in [3.8, 4) is 0 Å². The van der Waals surface area contributed by atoms with Crippen LogP contribution in [0.2, 0.25) is 0 Å². The van der Waals surface area contributed by atoms with Gasteiger partial charge >= 0.3 is 0 Å². The van der Waals surface area contributed by atoms with E-state index in [0.29, 0.717) is 6.04 Å². The number of rotatable bonds is 11. The Bertz CT molecular complexity index is 420. The lowest BCUT2D eigenvalue weighted by molar-refractivity contribution is 0.246. The fourth-order valence-electron chi connectivity index (χ4n) is 3.76. The second-order valence-electron chi connectivity index (χ2n) is 7.14. The maximum atomic E-state index is 13.0. The summed E-state index contributed by atoms with van der Waals surface area (Å²) in [6, 6.07) is 7.75. The molecule has 1 aliphatic heterocycles. The number of hydrogen-bond donors (Lipinski definition) is 0. The number of halogens is 2. The van der Waals surface area contributed by atoms with Gasteiger partial charge in [0.25, 0.3) is 0 Å². The number of unbranched alkanes of at least 4 members (excludes halogenated alkanes) is 7. The molecule has 0 bridgehead atoms. The van der Waals surface area contributed by atoms with Crippen LogP contribution in [0.15, 0.2) is 24.3 Å². The molecule has 0 radical (unpaired) electrons. The summed E-state index contributed by atoms with van der Waals surface area (Å²) in [5.41, 5.74) is 1.28. The molecule has 1 aromatic carbocycles. The molecule has 24 heavy (non-hydrogen) atoms. The molecule has 0 spiro atoms. The quantitative estimate of drug-likeness (QED) is 0.415. The van der Waals surface area contributed by atoms with Crippen molar-refractivity contribution in [3.63, 3.8) is 0 Å². The Kier molecular flexibility index (Phi) is 11.4. The number of hydrogen-bond acceptors (Lipinski definition) is 1. The van der Waals surface area contributed by atoms with Crippen LogP contribution in [0.3, 0.4) is 0 Å². The van der Waals surface area contributed by atoms with E-state index in [9.17, 15) is 4.39 Å². The molecule has 3 heteroatoms. The first-order chi connectivity index (χ1) is 11.3. The molecule has 1 aliphatic rings. The van der Waals surface area contributed by atoms with E-state index in [0.717, 1.165) is 6.42 Å². The van der Waals surface area contributed by atoms with Gasteiger partial charge in [0.15, 0.2) is 0 Å². The lowest BCUT2D eigenvalue weighted by atomic mass is 10.0. The molecule has 1 aromatic rings. The van der Waals surface area contributed by atoms with E-state index in [4.69, 9.17) is 0 Å². The first-order valence-electron chi connectivity index (χ1n) is 9.78. The average Bonchev–Trinajstić information content (AvgIpc) is 2.99. The zero-order valence-electron chi connectivity index (χ0n) is 15.3. The summed E-state index contributed by atoms with van der Waals surface area (Å²) in [7, 11) is 0.